The van der Waals surface area contributed by atoms with Crippen molar-refractivity contribution < 1.29 is 9.53 Å². The van der Waals surface area contributed by atoms with E-state index in [1.807, 2.05) is 31.4 Å². The fraction of sp³-hybridized carbons (Fsp3) is 0.231. The van der Waals surface area contributed by atoms with Gasteiger partial charge in [0.1, 0.15) is 11.6 Å². The molecule has 1 aromatic heterocycles. The number of rotatable bonds is 6. The summed E-state index contributed by atoms with van der Waals surface area (Å²) in [4.78, 5) is 10.6. The van der Waals surface area contributed by atoms with Gasteiger partial charge in [0.25, 0.3) is 5.91 Å². The van der Waals surface area contributed by atoms with Crippen molar-refractivity contribution in [2.45, 2.75) is 6.54 Å². The van der Waals surface area contributed by atoms with E-state index in [-0.39, 0.29) is 6.61 Å². The van der Waals surface area contributed by atoms with Crippen molar-refractivity contribution in [2.75, 3.05) is 11.9 Å². The third-order valence-corrected chi connectivity index (χ3v) is 2.49. The molecule has 100 valence electrons. The fourth-order valence-electron chi connectivity index (χ4n) is 1.56. The first kappa shape index (κ1) is 12.9. The van der Waals surface area contributed by atoms with E-state index < -0.39 is 5.91 Å². The highest BCUT2D eigenvalue weighted by Crippen LogP contribution is 2.13. The lowest BCUT2D eigenvalue weighted by atomic mass is 10.2. The number of carbonyl (C=O) groups excluding carboxylic acids is 1. The SMILES string of the molecule is Cn1ccc(NCc2ccc(OCC(N)=O)cc2)n1. The van der Waals surface area contributed by atoms with Crippen molar-refractivity contribution in [3.8, 4) is 5.75 Å². The number of benzene rings is 1. The van der Waals surface area contributed by atoms with Gasteiger partial charge in [-0.05, 0) is 17.7 Å². The number of carbonyl (C=O) groups is 1. The van der Waals surface area contributed by atoms with Crippen LogP contribution in [-0.4, -0.2) is 22.3 Å². The lowest BCUT2D eigenvalue weighted by Gasteiger charge is -2.06. The monoisotopic (exact) mass is 260 g/mol. The zero-order chi connectivity index (χ0) is 13.7. The van der Waals surface area contributed by atoms with E-state index in [0.717, 1.165) is 11.4 Å². The van der Waals surface area contributed by atoms with E-state index in [1.165, 1.54) is 0 Å². The smallest absolute Gasteiger partial charge is 0.255 e. The van der Waals surface area contributed by atoms with Crippen molar-refractivity contribution in [3.05, 3.63) is 42.1 Å². The van der Waals surface area contributed by atoms with Crippen LogP contribution in [0.25, 0.3) is 0 Å². The zero-order valence-corrected chi connectivity index (χ0v) is 10.7. The van der Waals surface area contributed by atoms with Gasteiger partial charge < -0.3 is 15.8 Å². The summed E-state index contributed by atoms with van der Waals surface area (Å²) in [5.41, 5.74) is 6.10. The van der Waals surface area contributed by atoms with E-state index in [0.29, 0.717) is 12.3 Å². The first-order valence-corrected chi connectivity index (χ1v) is 5.87. The molecule has 19 heavy (non-hydrogen) atoms. The Kier molecular flexibility index (Phi) is 4.02. The van der Waals surface area contributed by atoms with Gasteiger partial charge >= 0.3 is 0 Å². The maximum Gasteiger partial charge on any atom is 0.255 e. The largest absolute Gasteiger partial charge is 0.484 e. The Morgan fingerprint density at radius 3 is 2.68 bits per heavy atom. The summed E-state index contributed by atoms with van der Waals surface area (Å²) >= 11 is 0. The molecule has 0 spiro atoms. The number of hydrogen-bond donors (Lipinski definition) is 2. The van der Waals surface area contributed by atoms with Crippen LogP contribution in [0.3, 0.4) is 0 Å². The average molecular weight is 260 g/mol. The zero-order valence-electron chi connectivity index (χ0n) is 10.7. The highest BCUT2D eigenvalue weighted by atomic mass is 16.5. The molecule has 0 radical (unpaired) electrons. The van der Waals surface area contributed by atoms with E-state index in [2.05, 4.69) is 10.4 Å². The Morgan fingerprint density at radius 2 is 2.11 bits per heavy atom. The Morgan fingerprint density at radius 1 is 1.37 bits per heavy atom. The molecule has 6 nitrogen and oxygen atoms in total. The number of nitrogens with zero attached hydrogens (tertiary/aromatic N) is 2. The maximum atomic E-state index is 10.6. The van der Waals surface area contributed by atoms with Crippen LogP contribution in [0.15, 0.2) is 36.5 Å². The molecule has 1 aromatic carbocycles. The average Bonchev–Trinajstić information content (AvgIpc) is 2.81. The second-order valence-corrected chi connectivity index (χ2v) is 4.13. The van der Waals surface area contributed by atoms with Crippen molar-refractivity contribution >= 4 is 11.7 Å². The molecule has 0 saturated carbocycles. The molecule has 0 atom stereocenters. The molecule has 0 unspecified atom stereocenters. The van der Waals surface area contributed by atoms with Gasteiger partial charge in [0.15, 0.2) is 6.61 Å². The van der Waals surface area contributed by atoms with Crippen molar-refractivity contribution in [2.24, 2.45) is 12.8 Å². The summed E-state index contributed by atoms with van der Waals surface area (Å²) in [6.07, 6.45) is 1.88. The first-order valence-electron chi connectivity index (χ1n) is 5.87. The summed E-state index contributed by atoms with van der Waals surface area (Å²) in [5, 5.41) is 7.43. The number of aryl methyl sites for hydroxylation is 1. The summed E-state index contributed by atoms with van der Waals surface area (Å²) < 4.78 is 6.92. The number of nitrogens with one attached hydrogen (secondary N) is 1. The summed E-state index contributed by atoms with van der Waals surface area (Å²) in [7, 11) is 1.87. The maximum absolute atomic E-state index is 10.6. The molecule has 2 rings (SSSR count). The molecule has 1 amide bonds. The van der Waals surface area contributed by atoms with Gasteiger partial charge in [-0.2, -0.15) is 5.10 Å². The van der Waals surface area contributed by atoms with Crippen molar-refractivity contribution in [1.29, 1.82) is 0 Å². The Bertz CT molecular complexity index is 548. The number of amides is 1. The number of ether oxygens (including phenoxy) is 1. The topological polar surface area (TPSA) is 82.2 Å². The van der Waals surface area contributed by atoms with Crippen LogP contribution in [0.1, 0.15) is 5.56 Å². The van der Waals surface area contributed by atoms with Gasteiger partial charge in [-0.1, -0.05) is 12.1 Å². The molecule has 6 heteroatoms. The van der Waals surface area contributed by atoms with Gasteiger partial charge in [-0.15, -0.1) is 0 Å². The summed E-state index contributed by atoms with van der Waals surface area (Å²) in [6.45, 7) is 0.568. The summed E-state index contributed by atoms with van der Waals surface area (Å²) in [6, 6.07) is 9.36. The van der Waals surface area contributed by atoms with Crippen LogP contribution in [0.5, 0.6) is 5.75 Å². The van der Waals surface area contributed by atoms with Crippen LogP contribution in [-0.2, 0) is 18.4 Å². The third kappa shape index (κ3) is 4.02. The lowest BCUT2D eigenvalue weighted by Crippen LogP contribution is -2.19. The minimum Gasteiger partial charge on any atom is -0.484 e. The quantitative estimate of drug-likeness (QED) is 0.808. The third-order valence-electron chi connectivity index (χ3n) is 2.49. The molecule has 0 aliphatic rings. The Balaban J connectivity index is 1.86. The van der Waals surface area contributed by atoms with E-state index in [9.17, 15) is 4.79 Å². The normalized spacial score (nSPS) is 10.2. The highest BCUT2D eigenvalue weighted by Gasteiger charge is 1.99. The van der Waals surface area contributed by atoms with Crippen molar-refractivity contribution in [1.82, 2.24) is 9.78 Å². The second-order valence-electron chi connectivity index (χ2n) is 4.13. The van der Waals surface area contributed by atoms with Gasteiger partial charge in [0, 0.05) is 25.9 Å². The molecule has 2 aromatic rings. The van der Waals surface area contributed by atoms with Crippen molar-refractivity contribution in [3.63, 3.8) is 0 Å². The van der Waals surface area contributed by atoms with Crippen LogP contribution in [0.4, 0.5) is 5.82 Å². The van der Waals surface area contributed by atoms with Crippen LogP contribution < -0.4 is 15.8 Å². The van der Waals surface area contributed by atoms with Gasteiger partial charge in [0.2, 0.25) is 0 Å². The number of hydrogen-bond acceptors (Lipinski definition) is 4. The van der Waals surface area contributed by atoms with Crippen LogP contribution in [0, 0.1) is 0 Å². The molecule has 0 saturated heterocycles. The standard InChI is InChI=1S/C13H16N4O2/c1-17-7-6-13(16-17)15-8-10-2-4-11(5-3-10)19-9-12(14)18/h2-7H,8-9H2,1H3,(H2,14,18)(H,15,16). The van der Waals surface area contributed by atoms with Gasteiger partial charge in [-0.25, -0.2) is 0 Å². The minimum absolute atomic E-state index is 0.106. The molecule has 0 aliphatic heterocycles. The highest BCUT2D eigenvalue weighted by molar-refractivity contribution is 5.75. The van der Waals surface area contributed by atoms with Crippen LogP contribution in [0.2, 0.25) is 0 Å². The van der Waals surface area contributed by atoms with Gasteiger partial charge in [0.05, 0.1) is 0 Å². The number of anilines is 1. The van der Waals surface area contributed by atoms with E-state index in [1.54, 1.807) is 16.8 Å². The molecule has 0 bridgehead atoms. The van der Waals surface area contributed by atoms with E-state index >= 15 is 0 Å². The summed E-state index contributed by atoms with van der Waals surface area (Å²) in [5.74, 6) is 0.970. The predicted octanol–water partition coefficient (Wildman–Crippen LogP) is 0.896. The number of nitrogens with two attached hydrogens (primary N) is 1. The Hall–Kier alpha value is -2.50. The molecular weight excluding hydrogens is 244 g/mol. The van der Waals surface area contributed by atoms with Gasteiger partial charge in [-0.3, -0.25) is 9.48 Å². The number of primary amides is 1. The predicted molar refractivity (Wildman–Crippen MR) is 71.7 cm³/mol. The van der Waals surface area contributed by atoms with E-state index in [4.69, 9.17) is 10.5 Å². The second kappa shape index (κ2) is 5.90. The molecule has 0 aliphatic carbocycles. The molecule has 3 N–H and O–H groups in total. The molecular formula is C13H16N4O2. The van der Waals surface area contributed by atoms with Crippen LogP contribution >= 0.6 is 0 Å². The lowest BCUT2D eigenvalue weighted by molar-refractivity contribution is -0.119. The molecule has 1 heterocycles. The molecule has 0 fully saturated rings. The Labute approximate surface area is 111 Å². The number of aromatic nitrogens is 2. The first-order chi connectivity index (χ1) is 9.13. The fourth-order valence-corrected chi connectivity index (χ4v) is 1.56. The minimum atomic E-state index is -0.485.